The van der Waals surface area contributed by atoms with Gasteiger partial charge in [-0.05, 0) is 62.1 Å². The molecule has 6 heteroatoms. The summed E-state index contributed by atoms with van der Waals surface area (Å²) < 4.78 is 28.0. The van der Waals surface area contributed by atoms with Crippen molar-refractivity contribution in [1.29, 1.82) is 0 Å². The second-order valence-corrected chi connectivity index (χ2v) is 9.35. The zero-order valence-corrected chi connectivity index (χ0v) is 16.7. The molecule has 0 bridgehead atoms. The van der Waals surface area contributed by atoms with Gasteiger partial charge in [-0.15, -0.1) is 6.58 Å². The van der Waals surface area contributed by atoms with Crippen LogP contribution in [0.3, 0.4) is 0 Å². The summed E-state index contributed by atoms with van der Waals surface area (Å²) in [5.74, 6) is 0.303. The van der Waals surface area contributed by atoms with Crippen LogP contribution in [0.15, 0.2) is 66.1 Å². The maximum absolute atomic E-state index is 13.3. The Hall–Kier alpha value is -2.60. The number of anilines is 2. The lowest BCUT2D eigenvalue weighted by Gasteiger charge is -2.24. The Balaban J connectivity index is 1.70. The van der Waals surface area contributed by atoms with Gasteiger partial charge < -0.3 is 4.90 Å². The molecule has 2 aromatic rings. The van der Waals surface area contributed by atoms with E-state index in [2.05, 4.69) is 6.58 Å². The molecule has 1 atom stereocenters. The second-order valence-electron chi connectivity index (χ2n) is 7.49. The van der Waals surface area contributed by atoms with Crippen molar-refractivity contribution in [3.8, 4) is 0 Å². The van der Waals surface area contributed by atoms with Crippen LogP contribution in [0.5, 0.6) is 0 Å². The van der Waals surface area contributed by atoms with Gasteiger partial charge in [0.25, 0.3) is 10.0 Å². The van der Waals surface area contributed by atoms with Crippen LogP contribution in [0.2, 0.25) is 0 Å². The summed E-state index contributed by atoms with van der Waals surface area (Å²) in [5.41, 5.74) is 2.36. The van der Waals surface area contributed by atoms with Crippen LogP contribution in [0.4, 0.5) is 11.4 Å². The van der Waals surface area contributed by atoms with Crippen molar-refractivity contribution in [2.75, 3.05) is 15.7 Å². The Bertz CT molecular complexity index is 1010. The zero-order chi connectivity index (χ0) is 19.9. The molecule has 0 saturated heterocycles. The summed E-state index contributed by atoms with van der Waals surface area (Å²) in [4.78, 5) is 14.7. The van der Waals surface area contributed by atoms with Crippen LogP contribution < -0.4 is 9.21 Å². The molecule has 0 radical (unpaired) electrons. The van der Waals surface area contributed by atoms with E-state index in [4.69, 9.17) is 0 Å². The third kappa shape index (κ3) is 3.22. The largest absolute Gasteiger partial charge is 0.309 e. The highest BCUT2D eigenvalue weighted by atomic mass is 32.2. The minimum atomic E-state index is -3.74. The molecule has 1 saturated carbocycles. The summed E-state index contributed by atoms with van der Waals surface area (Å²) in [6.07, 6.45) is 4.16. The fourth-order valence-electron chi connectivity index (χ4n) is 3.81. The molecule has 4 rings (SSSR count). The van der Waals surface area contributed by atoms with E-state index in [-0.39, 0.29) is 29.3 Å². The number of hydrogen-bond donors (Lipinski definition) is 0. The minimum absolute atomic E-state index is 0.0551. The Morgan fingerprint density at radius 1 is 1.21 bits per heavy atom. The second kappa shape index (κ2) is 7.09. The van der Waals surface area contributed by atoms with Gasteiger partial charge in [-0.3, -0.25) is 9.10 Å². The first-order chi connectivity index (χ1) is 13.4. The number of benzene rings is 2. The van der Waals surface area contributed by atoms with Crippen molar-refractivity contribution in [3.05, 3.63) is 66.7 Å². The first-order valence-electron chi connectivity index (χ1n) is 9.58. The molecule has 1 aliphatic carbocycles. The molecule has 1 amide bonds. The monoisotopic (exact) mass is 396 g/mol. The Labute approximate surface area is 166 Å². The first kappa shape index (κ1) is 18.7. The highest BCUT2D eigenvalue weighted by Gasteiger charge is 2.40. The minimum Gasteiger partial charge on any atom is -0.309 e. The number of hydrogen-bond acceptors (Lipinski definition) is 3. The number of rotatable bonds is 6. The summed E-state index contributed by atoms with van der Waals surface area (Å²) in [6, 6.07) is 14.2. The lowest BCUT2D eigenvalue weighted by Crippen LogP contribution is -2.36. The molecule has 2 aromatic carbocycles. The van der Waals surface area contributed by atoms with E-state index in [1.807, 2.05) is 30.0 Å². The van der Waals surface area contributed by atoms with Gasteiger partial charge in [0.15, 0.2) is 0 Å². The molecular formula is C22H24N2O3S. The maximum Gasteiger partial charge on any atom is 0.264 e. The van der Waals surface area contributed by atoms with Gasteiger partial charge in [0.2, 0.25) is 5.91 Å². The van der Waals surface area contributed by atoms with Crippen LogP contribution in [-0.4, -0.2) is 26.9 Å². The Morgan fingerprint density at radius 3 is 2.57 bits per heavy atom. The predicted molar refractivity (Wildman–Crippen MR) is 111 cm³/mol. The lowest BCUT2D eigenvalue weighted by molar-refractivity contribution is -0.120. The number of nitrogens with zero attached hydrogens (tertiary/aromatic N) is 2. The standard InChI is InChI=1S/C22H24N2O3S/c1-3-13-23(19-7-5-4-6-8-19)28(26,27)20-11-12-21-18(15-20)14-16(2)24(21)22(25)17-9-10-17/h3-8,11-12,15-17H,1,9-10,13-14H2,2H3/t16-/m1/s1. The van der Waals surface area contributed by atoms with Gasteiger partial charge >= 0.3 is 0 Å². The van der Waals surface area contributed by atoms with Crippen LogP contribution in [0.1, 0.15) is 25.3 Å². The van der Waals surface area contributed by atoms with Crippen molar-refractivity contribution >= 4 is 27.3 Å². The zero-order valence-electron chi connectivity index (χ0n) is 15.9. The van der Waals surface area contributed by atoms with Crippen LogP contribution in [0, 0.1) is 5.92 Å². The lowest BCUT2D eigenvalue weighted by atomic mass is 10.1. The van der Waals surface area contributed by atoms with Crippen LogP contribution in [-0.2, 0) is 21.2 Å². The molecule has 2 aliphatic rings. The van der Waals surface area contributed by atoms with Gasteiger partial charge in [0, 0.05) is 17.6 Å². The molecule has 1 fully saturated rings. The van der Waals surface area contributed by atoms with Crippen molar-refractivity contribution in [2.24, 2.45) is 5.92 Å². The third-order valence-electron chi connectivity index (χ3n) is 5.36. The topological polar surface area (TPSA) is 57.7 Å². The van der Waals surface area contributed by atoms with Gasteiger partial charge in [0.1, 0.15) is 0 Å². The van der Waals surface area contributed by atoms with Crippen LogP contribution in [0.25, 0.3) is 0 Å². The van der Waals surface area contributed by atoms with E-state index < -0.39 is 10.0 Å². The summed E-state index contributed by atoms with van der Waals surface area (Å²) >= 11 is 0. The normalized spacial score (nSPS) is 18.6. The summed E-state index contributed by atoms with van der Waals surface area (Å²) in [7, 11) is -3.74. The molecule has 5 nitrogen and oxygen atoms in total. The number of para-hydroxylation sites is 1. The SMILES string of the molecule is C=CCN(c1ccccc1)S(=O)(=O)c1ccc2c(c1)C[C@@H](C)N2C(=O)C1CC1. The third-order valence-corrected chi connectivity index (χ3v) is 7.15. The van der Waals surface area contributed by atoms with E-state index in [1.165, 1.54) is 4.31 Å². The van der Waals surface area contributed by atoms with E-state index in [1.54, 1.807) is 36.4 Å². The van der Waals surface area contributed by atoms with E-state index in [9.17, 15) is 13.2 Å². The average molecular weight is 397 g/mol. The average Bonchev–Trinajstić information content (AvgIpc) is 3.48. The van der Waals surface area contributed by atoms with Crippen molar-refractivity contribution in [1.82, 2.24) is 0 Å². The van der Waals surface area contributed by atoms with Gasteiger partial charge in [-0.25, -0.2) is 8.42 Å². The Morgan fingerprint density at radius 2 is 1.93 bits per heavy atom. The molecule has 1 aliphatic heterocycles. The van der Waals surface area contributed by atoms with Gasteiger partial charge in [-0.2, -0.15) is 0 Å². The number of carbonyl (C=O) groups is 1. The summed E-state index contributed by atoms with van der Waals surface area (Å²) in [5, 5.41) is 0. The molecule has 0 unspecified atom stereocenters. The molecule has 0 aromatic heterocycles. The van der Waals surface area contributed by atoms with Gasteiger partial charge in [-0.1, -0.05) is 24.3 Å². The number of sulfonamides is 1. The molecule has 0 spiro atoms. The maximum atomic E-state index is 13.3. The molecular weight excluding hydrogens is 372 g/mol. The fraction of sp³-hybridized carbons (Fsp3) is 0.318. The molecule has 0 N–H and O–H groups in total. The predicted octanol–water partition coefficient (Wildman–Crippen LogP) is 3.76. The molecule has 28 heavy (non-hydrogen) atoms. The smallest absolute Gasteiger partial charge is 0.264 e. The quantitative estimate of drug-likeness (QED) is 0.699. The molecule has 146 valence electrons. The van der Waals surface area contributed by atoms with Gasteiger partial charge in [0.05, 0.1) is 17.1 Å². The van der Waals surface area contributed by atoms with Crippen molar-refractivity contribution in [3.63, 3.8) is 0 Å². The number of amides is 1. The van der Waals surface area contributed by atoms with E-state index in [0.717, 1.165) is 24.1 Å². The Kier molecular flexibility index (Phi) is 4.75. The fourth-order valence-corrected chi connectivity index (χ4v) is 5.30. The molecule has 1 heterocycles. The van der Waals surface area contributed by atoms with Crippen LogP contribution >= 0.6 is 0 Å². The number of fused-ring (bicyclic) bond motifs is 1. The van der Waals surface area contributed by atoms with Crippen molar-refractivity contribution in [2.45, 2.75) is 37.1 Å². The van der Waals surface area contributed by atoms with E-state index >= 15 is 0 Å². The van der Waals surface area contributed by atoms with Crippen molar-refractivity contribution < 1.29 is 13.2 Å². The summed E-state index contributed by atoms with van der Waals surface area (Å²) in [6.45, 7) is 5.91. The highest BCUT2D eigenvalue weighted by molar-refractivity contribution is 7.92. The number of carbonyl (C=O) groups excluding carboxylic acids is 1. The highest BCUT2D eigenvalue weighted by Crippen LogP contribution is 2.40. The first-order valence-corrected chi connectivity index (χ1v) is 11.0. The van der Waals surface area contributed by atoms with E-state index in [0.29, 0.717) is 12.1 Å².